The SMILES string of the molecule is O=C1CCC(N2Cc3cc(N4CCN(S(=O)(=O)c5cccnc5)CC4)c(F)cc3C2=O)C(=O)N1. The largest absolute Gasteiger partial charge is 0.367 e. The smallest absolute Gasteiger partial charge is 0.255 e. The molecule has 1 aromatic heterocycles. The lowest BCUT2D eigenvalue weighted by molar-refractivity contribution is -0.136. The maximum Gasteiger partial charge on any atom is 0.255 e. The summed E-state index contributed by atoms with van der Waals surface area (Å²) < 4.78 is 42.0. The lowest BCUT2D eigenvalue weighted by atomic mass is 10.0. The van der Waals surface area contributed by atoms with Crippen molar-refractivity contribution in [1.82, 2.24) is 19.5 Å². The minimum absolute atomic E-state index is 0.110. The molecule has 2 aromatic rings. The van der Waals surface area contributed by atoms with Crippen molar-refractivity contribution >= 4 is 33.4 Å². The minimum atomic E-state index is -3.69. The Morgan fingerprint density at radius 2 is 1.85 bits per heavy atom. The Hall–Kier alpha value is -3.38. The van der Waals surface area contributed by atoms with Gasteiger partial charge in [-0.25, -0.2) is 12.8 Å². The third-order valence-corrected chi connectivity index (χ3v) is 8.32. The molecular formula is C22H22FN5O5S. The lowest BCUT2D eigenvalue weighted by Gasteiger charge is -2.35. The van der Waals surface area contributed by atoms with Crippen molar-refractivity contribution in [2.75, 3.05) is 31.1 Å². The van der Waals surface area contributed by atoms with Gasteiger partial charge in [0.15, 0.2) is 0 Å². The van der Waals surface area contributed by atoms with E-state index in [-0.39, 0.29) is 67.6 Å². The van der Waals surface area contributed by atoms with Crippen molar-refractivity contribution in [3.63, 3.8) is 0 Å². The first-order valence-corrected chi connectivity index (χ1v) is 12.3. The Morgan fingerprint density at radius 1 is 1.09 bits per heavy atom. The van der Waals surface area contributed by atoms with Crippen molar-refractivity contribution < 1.29 is 27.2 Å². The molecule has 0 bridgehead atoms. The number of hydrogen-bond acceptors (Lipinski definition) is 7. The van der Waals surface area contributed by atoms with Gasteiger partial charge in [0, 0.05) is 57.1 Å². The van der Waals surface area contributed by atoms with Gasteiger partial charge in [-0.3, -0.25) is 24.7 Å². The molecule has 2 saturated heterocycles. The Labute approximate surface area is 195 Å². The highest BCUT2D eigenvalue weighted by Gasteiger charge is 2.40. The molecule has 178 valence electrons. The number of anilines is 1. The molecule has 0 radical (unpaired) electrons. The molecule has 3 aliphatic rings. The molecule has 1 unspecified atom stereocenters. The van der Waals surface area contributed by atoms with E-state index in [0.29, 0.717) is 5.56 Å². The molecular weight excluding hydrogens is 465 g/mol. The first-order chi connectivity index (χ1) is 16.3. The van der Waals surface area contributed by atoms with E-state index >= 15 is 4.39 Å². The molecule has 1 N–H and O–H groups in total. The van der Waals surface area contributed by atoms with Crippen molar-refractivity contribution in [3.05, 3.63) is 53.6 Å². The summed E-state index contributed by atoms with van der Waals surface area (Å²) in [5, 5.41) is 2.24. The van der Waals surface area contributed by atoms with Gasteiger partial charge < -0.3 is 9.80 Å². The Kier molecular flexibility index (Phi) is 5.56. The normalized spacial score (nSPS) is 21.6. The first-order valence-electron chi connectivity index (χ1n) is 10.9. The summed E-state index contributed by atoms with van der Waals surface area (Å²) in [6.07, 6.45) is 3.17. The first kappa shape index (κ1) is 22.4. The average Bonchev–Trinajstić information content (AvgIpc) is 3.14. The second-order valence-electron chi connectivity index (χ2n) is 8.44. The van der Waals surface area contributed by atoms with Gasteiger partial charge in [-0.1, -0.05) is 0 Å². The third kappa shape index (κ3) is 3.82. The number of piperidine rings is 1. The zero-order valence-corrected chi connectivity index (χ0v) is 18.9. The molecule has 0 saturated carbocycles. The molecule has 4 heterocycles. The quantitative estimate of drug-likeness (QED) is 0.624. The number of amides is 3. The number of halogens is 1. The third-order valence-electron chi connectivity index (χ3n) is 6.44. The highest BCUT2D eigenvalue weighted by molar-refractivity contribution is 7.89. The van der Waals surface area contributed by atoms with Crippen LogP contribution in [0.15, 0.2) is 41.6 Å². The van der Waals surface area contributed by atoms with E-state index < -0.39 is 33.7 Å². The lowest BCUT2D eigenvalue weighted by Crippen LogP contribution is -2.52. The van der Waals surface area contributed by atoms with E-state index in [9.17, 15) is 22.8 Å². The van der Waals surface area contributed by atoms with Crippen LogP contribution in [0.3, 0.4) is 0 Å². The number of nitrogens with one attached hydrogen (secondary N) is 1. The molecule has 1 aromatic carbocycles. The number of fused-ring (bicyclic) bond motifs is 1. The number of carbonyl (C=O) groups is 3. The molecule has 1 atom stereocenters. The van der Waals surface area contributed by atoms with Crippen LogP contribution in [-0.4, -0.2) is 72.5 Å². The maximum absolute atomic E-state index is 15.0. The summed E-state index contributed by atoms with van der Waals surface area (Å²) in [6.45, 7) is 1.05. The zero-order valence-electron chi connectivity index (χ0n) is 18.1. The van der Waals surface area contributed by atoms with E-state index in [1.807, 2.05) is 0 Å². The summed E-state index contributed by atoms with van der Waals surface area (Å²) in [5.41, 5.74) is 1.08. The van der Waals surface area contributed by atoms with Crippen molar-refractivity contribution in [2.45, 2.75) is 30.3 Å². The fourth-order valence-electron chi connectivity index (χ4n) is 4.64. The molecule has 0 aliphatic carbocycles. The number of imide groups is 1. The van der Waals surface area contributed by atoms with Crippen molar-refractivity contribution in [3.8, 4) is 0 Å². The van der Waals surface area contributed by atoms with Crippen LogP contribution in [0.4, 0.5) is 10.1 Å². The van der Waals surface area contributed by atoms with Gasteiger partial charge in [-0.15, -0.1) is 0 Å². The summed E-state index contributed by atoms with van der Waals surface area (Å²) in [5.74, 6) is -1.92. The van der Waals surface area contributed by atoms with E-state index in [4.69, 9.17) is 0 Å². The topological polar surface area (TPSA) is 120 Å². The van der Waals surface area contributed by atoms with Crippen LogP contribution in [0.5, 0.6) is 0 Å². The molecule has 0 spiro atoms. The van der Waals surface area contributed by atoms with E-state index in [0.717, 1.165) is 0 Å². The van der Waals surface area contributed by atoms with Crippen molar-refractivity contribution in [2.24, 2.45) is 0 Å². The number of piperazine rings is 1. The Bertz CT molecular complexity index is 1280. The van der Waals surface area contributed by atoms with Gasteiger partial charge >= 0.3 is 0 Å². The van der Waals surface area contributed by atoms with Crippen LogP contribution in [0.25, 0.3) is 0 Å². The van der Waals surface area contributed by atoms with Gasteiger partial charge in [-0.2, -0.15) is 4.31 Å². The molecule has 3 amide bonds. The zero-order chi connectivity index (χ0) is 24.0. The number of benzene rings is 1. The average molecular weight is 488 g/mol. The van der Waals surface area contributed by atoms with Crippen molar-refractivity contribution in [1.29, 1.82) is 0 Å². The maximum atomic E-state index is 15.0. The molecule has 34 heavy (non-hydrogen) atoms. The number of sulfonamides is 1. The molecule has 5 rings (SSSR count). The molecule has 12 heteroatoms. The second-order valence-corrected chi connectivity index (χ2v) is 10.4. The highest BCUT2D eigenvalue weighted by Crippen LogP contribution is 2.33. The van der Waals surface area contributed by atoms with E-state index in [1.165, 1.54) is 33.7 Å². The monoisotopic (exact) mass is 487 g/mol. The fourth-order valence-corrected chi connectivity index (χ4v) is 6.02. The molecule has 10 nitrogen and oxygen atoms in total. The standard InChI is InChI=1S/C22H22FN5O5S/c23-17-11-16-14(13-28(22(16)31)18-3-4-20(29)25-21(18)30)10-19(17)26-6-8-27(9-7-26)34(32,33)15-2-1-5-24-12-15/h1-2,5,10-12,18H,3-4,6-9,13H2,(H,25,29,30). The summed E-state index contributed by atoms with van der Waals surface area (Å²) in [4.78, 5) is 43.6. The van der Waals surface area contributed by atoms with Gasteiger partial charge in [0.25, 0.3) is 5.91 Å². The predicted molar refractivity (Wildman–Crippen MR) is 118 cm³/mol. The van der Waals surface area contributed by atoms with E-state index in [2.05, 4.69) is 10.3 Å². The number of hydrogen-bond donors (Lipinski definition) is 1. The predicted octanol–water partition coefficient (Wildman–Crippen LogP) is 0.493. The number of aromatic nitrogens is 1. The van der Waals surface area contributed by atoms with Crippen LogP contribution in [0.1, 0.15) is 28.8 Å². The Balaban J connectivity index is 1.32. The summed E-state index contributed by atoms with van der Waals surface area (Å²) in [7, 11) is -3.69. The number of carbonyl (C=O) groups excluding carboxylic acids is 3. The minimum Gasteiger partial charge on any atom is -0.367 e. The van der Waals surface area contributed by atoms with Gasteiger partial charge in [-0.05, 0) is 36.2 Å². The fraction of sp³-hybridized carbons (Fsp3) is 0.364. The van der Waals surface area contributed by atoms with Crippen LogP contribution in [-0.2, 0) is 26.2 Å². The van der Waals surface area contributed by atoms with Crippen LogP contribution in [0, 0.1) is 5.82 Å². The van der Waals surface area contributed by atoms with Gasteiger partial charge in [0.1, 0.15) is 16.8 Å². The number of nitrogens with zero attached hydrogens (tertiary/aromatic N) is 4. The number of rotatable bonds is 4. The second kappa shape index (κ2) is 8.44. The van der Waals surface area contributed by atoms with Gasteiger partial charge in [0.05, 0.1) is 5.69 Å². The number of pyridine rings is 1. The summed E-state index contributed by atoms with van der Waals surface area (Å²) >= 11 is 0. The van der Waals surface area contributed by atoms with Crippen LogP contribution >= 0.6 is 0 Å². The van der Waals surface area contributed by atoms with Crippen LogP contribution < -0.4 is 10.2 Å². The molecule has 2 fully saturated rings. The van der Waals surface area contributed by atoms with E-state index in [1.54, 1.807) is 17.0 Å². The Morgan fingerprint density at radius 3 is 2.53 bits per heavy atom. The molecule has 3 aliphatic heterocycles. The highest BCUT2D eigenvalue weighted by atomic mass is 32.2. The summed E-state index contributed by atoms with van der Waals surface area (Å²) in [6, 6.07) is 5.05. The van der Waals surface area contributed by atoms with Gasteiger partial charge in [0.2, 0.25) is 21.8 Å². The van der Waals surface area contributed by atoms with Crippen LogP contribution in [0.2, 0.25) is 0 Å².